The number of benzene rings is 2. The van der Waals surface area contributed by atoms with Gasteiger partial charge in [0.2, 0.25) is 0 Å². The molecule has 104 valence electrons. The van der Waals surface area contributed by atoms with E-state index in [1.54, 1.807) is 0 Å². The van der Waals surface area contributed by atoms with Crippen LogP contribution in [0.5, 0.6) is 0 Å². The summed E-state index contributed by atoms with van der Waals surface area (Å²) in [5.74, 6) is -0.0752. The van der Waals surface area contributed by atoms with Gasteiger partial charge in [-0.15, -0.1) is 11.8 Å². The Morgan fingerprint density at radius 2 is 1.75 bits per heavy atom. The van der Waals surface area contributed by atoms with Crippen molar-refractivity contribution in [2.75, 3.05) is 5.43 Å². The summed E-state index contributed by atoms with van der Waals surface area (Å²) >= 11 is 7.31. The fourth-order valence-corrected chi connectivity index (χ4v) is 2.52. The highest BCUT2D eigenvalue weighted by molar-refractivity contribution is 8.00. The van der Waals surface area contributed by atoms with E-state index in [1.807, 2.05) is 61.5 Å². The molecule has 0 aromatic heterocycles. The van der Waals surface area contributed by atoms with E-state index in [2.05, 4.69) is 10.9 Å². The Kier molecular flexibility index (Phi) is 5.32. The molecule has 1 atom stereocenters. The van der Waals surface area contributed by atoms with Crippen LogP contribution >= 0.6 is 23.4 Å². The van der Waals surface area contributed by atoms with Crippen molar-refractivity contribution in [3.8, 4) is 0 Å². The van der Waals surface area contributed by atoms with E-state index < -0.39 is 0 Å². The van der Waals surface area contributed by atoms with Crippen molar-refractivity contribution in [1.82, 2.24) is 5.43 Å². The highest BCUT2D eigenvalue weighted by atomic mass is 35.5. The number of carbonyl (C=O) groups is 1. The van der Waals surface area contributed by atoms with Gasteiger partial charge in [0.05, 0.1) is 10.9 Å². The number of thioether (sulfide) groups is 1. The summed E-state index contributed by atoms with van der Waals surface area (Å²) in [6, 6.07) is 16.9. The van der Waals surface area contributed by atoms with Crippen molar-refractivity contribution >= 4 is 35.0 Å². The second kappa shape index (κ2) is 7.22. The van der Waals surface area contributed by atoms with Gasteiger partial charge in [0.1, 0.15) is 0 Å². The van der Waals surface area contributed by atoms with Crippen LogP contribution in [0.15, 0.2) is 59.5 Å². The zero-order valence-corrected chi connectivity index (χ0v) is 12.5. The molecule has 0 saturated heterocycles. The molecule has 0 spiro atoms. The molecule has 0 radical (unpaired) electrons. The van der Waals surface area contributed by atoms with Gasteiger partial charge in [-0.05, 0) is 43.3 Å². The van der Waals surface area contributed by atoms with Crippen molar-refractivity contribution in [2.45, 2.75) is 17.1 Å². The largest absolute Gasteiger partial charge is 0.299 e. The monoisotopic (exact) mass is 306 g/mol. The van der Waals surface area contributed by atoms with Crippen LogP contribution in [0.25, 0.3) is 0 Å². The maximum atomic E-state index is 12.0. The Hall–Kier alpha value is -1.65. The number of anilines is 1. The van der Waals surface area contributed by atoms with Crippen LogP contribution in [0.1, 0.15) is 6.92 Å². The van der Waals surface area contributed by atoms with Crippen LogP contribution in [0.3, 0.4) is 0 Å². The standard InChI is InChI=1S/C15H15ClN2OS/c1-11(20-14-9-7-12(16)8-10-14)15(19)18-17-13-5-3-2-4-6-13/h2-11,17H,1H3,(H,18,19). The van der Waals surface area contributed by atoms with E-state index in [0.29, 0.717) is 5.02 Å². The van der Waals surface area contributed by atoms with Crippen molar-refractivity contribution < 1.29 is 4.79 Å². The molecular formula is C15H15ClN2OS. The summed E-state index contributed by atoms with van der Waals surface area (Å²) in [5.41, 5.74) is 6.43. The molecule has 0 aliphatic heterocycles. The van der Waals surface area contributed by atoms with E-state index in [9.17, 15) is 4.79 Å². The number of hydrogen-bond donors (Lipinski definition) is 2. The van der Waals surface area contributed by atoms with Gasteiger partial charge in [-0.25, -0.2) is 0 Å². The molecule has 5 heteroatoms. The Morgan fingerprint density at radius 1 is 1.10 bits per heavy atom. The lowest BCUT2D eigenvalue weighted by molar-refractivity contribution is -0.119. The third kappa shape index (κ3) is 4.47. The van der Waals surface area contributed by atoms with Crippen LogP contribution in [0.2, 0.25) is 5.02 Å². The number of amides is 1. The minimum absolute atomic E-state index is 0.0752. The number of carbonyl (C=O) groups excluding carboxylic acids is 1. The summed E-state index contributed by atoms with van der Waals surface area (Å²) in [4.78, 5) is 13.0. The zero-order chi connectivity index (χ0) is 14.4. The lowest BCUT2D eigenvalue weighted by atomic mass is 10.3. The summed E-state index contributed by atoms with van der Waals surface area (Å²) < 4.78 is 0. The third-order valence-corrected chi connectivity index (χ3v) is 3.96. The molecule has 1 unspecified atom stereocenters. The van der Waals surface area contributed by atoms with Gasteiger partial charge in [0, 0.05) is 9.92 Å². The maximum absolute atomic E-state index is 12.0. The SMILES string of the molecule is CC(Sc1ccc(Cl)cc1)C(=O)NNc1ccccc1. The first-order valence-electron chi connectivity index (χ1n) is 6.18. The Labute approximate surface area is 127 Å². The van der Waals surface area contributed by atoms with Gasteiger partial charge < -0.3 is 0 Å². The number of rotatable bonds is 5. The highest BCUT2D eigenvalue weighted by Crippen LogP contribution is 2.24. The van der Waals surface area contributed by atoms with Crippen LogP contribution < -0.4 is 10.9 Å². The van der Waals surface area contributed by atoms with Gasteiger partial charge in [-0.2, -0.15) is 0 Å². The molecular weight excluding hydrogens is 292 g/mol. The fraction of sp³-hybridized carbons (Fsp3) is 0.133. The number of halogens is 1. The van der Waals surface area contributed by atoms with Gasteiger partial charge in [0.15, 0.2) is 0 Å². The van der Waals surface area contributed by atoms with Crippen molar-refractivity contribution in [2.24, 2.45) is 0 Å². The first kappa shape index (κ1) is 14.8. The molecule has 2 aromatic rings. The topological polar surface area (TPSA) is 41.1 Å². The van der Waals surface area contributed by atoms with E-state index in [-0.39, 0.29) is 11.2 Å². The summed E-state index contributed by atoms with van der Waals surface area (Å²) in [6.07, 6.45) is 0. The normalized spacial score (nSPS) is 11.7. The van der Waals surface area contributed by atoms with Crippen LogP contribution in [0.4, 0.5) is 5.69 Å². The van der Waals surface area contributed by atoms with Crippen LogP contribution in [-0.2, 0) is 4.79 Å². The van der Waals surface area contributed by atoms with Gasteiger partial charge in [-0.3, -0.25) is 15.6 Å². The van der Waals surface area contributed by atoms with Crippen molar-refractivity contribution in [3.05, 3.63) is 59.6 Å². The van der Waals surface area contributed by atoms with Crippen LogP contribution in [0, 0.1) is 0 Å². The first-order valence-corrected chi connectivity index (χ1v) is 7.44. The smallest absolute Gasteiger partial charge is 0.251 e. The number of hydrazine groups is 1. The maximum Gasteiger partial charge on any atom is 0.251 e. The van der Waals surface area contributed by atoms with E-state index >= 15 is 0 Å². The lowest BCUT2D eigenvalue weighted by Gasteiger charge is -2.13. The molecule has 0 aliphatic carbocycles. The van der Waals surface area contributed by atoms with Crippen molar-refractivity contribution in [3.63, 3.8) is 0 Å². The molecule has 20 heavy (non-hydrogen) atoms. The average molecular weight is 307 g/mol. The molecule has 0 fully saturated rings. The summed E-state index contributed by atoms with van der Waals surface area (Å²) in [6.45, 7) is 1.86. The first-order chi connectivity index (χ1) is 9.65. The minimum Gasteiger partial charge on any atom is -0.299 e. The molecule has 2 N–H and O–H groups in total. The van der Waals surface area contributed by atoms with Gasteiger partial charge in [-0.1, -0.05) is 29.8 Å². The number of para-hydroxylation sites is 1. The quantitative estimate of drug-likeness (QED) is 0.649. The second-order valence-corrected chi connectivity index (χ2v) is 6.04. The number of nitrogens with one attached hydrogen (secondary N) is 2. The average Bonchev–Trinajstić information content (AvgIpc) is 2.48. The molecule has 0 bridgehead atoms. The summed E-state index contributed by atoms with van der Waals surface area (Å²) in [7, 11) is 0. The molecule has 0 heterocycles. The Morgan fingerprint density at radius 3 is 2.40 bits per heavy atom. The highest BCUT2D eigenvalue weighted by Gasteiger charge is 2.13. The van der Waals surface area contributed by atoms with E-state index in [0.717, 1.165) is 10.6 Å². The Balaban J connectivity index is 1.84. The minimum atomic E-state index is -0.201. The lowest BCUT2D eigenvalue weighted by Crippen LogP contribution is -2.35. The Bertz CT molecular complexity index is 560. The van der Waals surface area contributed by atoms with Gasteiger partial charge in [0.25, 0.3) is 5.91 Å². The molecule has 1 amide bonds. The molecule has 0 saturated carbocycles. The summed E-state index contributed by atoms with van der Waals surface area (Å²) in [5, 5.41) is 0.490. The predicted molar refractivity (Wildman–Crippen MR) is 85.0 cm³/mol. The number of hydrogen-bond acceptors (Lipinski definition) is 3. The van der Waals surface area contributed by atoms with E-state index in [1.165, 1.54) is 11.8 Å². The van der Waals surface area contributed by atoms with Crippen LogP contribution in [-0.4, -0.2) is 11.2 Å². The fourth-order valence-electron chi connectivity index (χ4n) is 1.53. The van der Waals surface area contributed by atoms with Gasteiger partial charge >= 0.3 is 0 Å². The van der Waals surface area contributed by atoms with Crippen molar-refractivity contribution in [1.29, 1.82) is 0 Å². The molecule has 2 aromatic carbocycles. The zero-order valence-electron chi connectivity index (χ0n) is 11.0. The molecule has 0 aliphatic rings. The third-order valence-electron chi connectivity index (χ3n) is 2.60. The predicted octanol–water partition coefficient (Wildman–Crippen LogP) is 3.96. The van der Waals surface area contributed by atoms with E-state index in [4.69, 9.17) is 11.6 Å². The second-order valence-electron chi connectivity index (χ2n) is 4.19. The molecule has 3 nitrogen and oxygen atoms in total. The molecule has 2 rings (SSSR count).